The first-order valence-corrected chi connectivity index (χ1v) is 11.2. The molecule has 0 fully saturated rings. The summed E-state index contributed by atoms with van der Waals surface area (Å²) in [4.78, 5) is 26.4. The van der Waals surface area contributed by atoms with E-state index in [1.807, 2.05) is 19.0 Å². The molecule has 3 rings (SSSR count). The highest BCUT2D eigenvalue weighted by Gasteiger charge is 2.19. The molecule has 2 N–H and O–H groups in total. The van der Waals surface area contributed by atoms with Gasteiger partial charge in [-0.2, -0.15) is 0 Å². The van der Waals surface area contributed by atoms with E-state index >= 15 is 4.39 Å². The van der Waals surface area contributed by atoms with Crippen LogP contribution in [0, 0.1) is 5.82 Å². The second kappa shape index (κ2) is 12.3. The van der Waals surface area contributed by atoms with Crippen molar-refractivity contribution >= 4 is 11.9 Å². The molecule has 0 aliphatic rings. The summed E-state index contributed by atoms with van der Waals surface area (Å²) in [6.07, 6.45) is 4.82. The van der Waals surface area contributed by atoms with Crippen molar-refractivity contribution in [3.63, 3.8) is 0 Å². The molecule has 0 atom stereocenters. The van der Waals surface area contributed by atoms with Crippen molar-refractivity contribution in [2.45, 2.75) is 13.1 Å². The third-order valence-electron chi connectivity index (χ3n) is 5.51. The molecular formula is C26H29FN6O4. The molecule has 194 valence electrons. The van der Waals surface area contributed by atoms with Gasteiger partial charge in [-0.25, -0.2) is 13.9 Å². The minimum atomic E-state index is -0.600. The van der Waals surface area contributed by atoms with Gasteiger partial charge in [0.2, 0.25) is 0 Å². The Morgan fingerprint density at radius 1 is 1.16 bits per heavy atom. The molecular weight excluding hydrogens is 479 g/mol. The van der Waals surface area contributed by atoms with Crippen molar-refractivity contribution in [1.82, 2.24) is 30.5 Å². The van der Waals surface area contributed by atoms with Crippen LogP contribution in [-0.4, -0.2) is 60.1 Å². The van der Waals surface area contributed by atoms with Crippen molar-refractivity contribution in [2.24, 2.45) is 0 Å². The summed E-state index contributed by atoms with van der Waals surface area (Å²) in [6, 6.07) is 9.74. The number of methoxy groups -OCH3 is 2. The van der Waals surface area contributed by atoms with Gasteiger partial charge in [-0.15, -0.1) is 5.10 Å². The lowest BCUT2D eigenvalue weighted by Crippen LogP contribution is -2.24. The number of likely N-dealkylation sites (N-methyl/N-ethyl adjacent to an activating group) is 1. The van der Waals surface area contributed by atoms with E-state index in [2.05, 4.69) is 27.5 Å². The lowest BCUT2D eigenvalue weighted by Gasteiger charge is -2.16. The molecule has 1 amide bonds. The summed E-state index contributed by atoms with van der Waals surface area (Å²) in [5, 5.41) is 13.6. The average Bonchev–Trinajstić information content (AvgIpc) is 3.38. The van der Waals surface area contributed by atoms with Crippen LogP contribution in [0.25, 0.3) is 11.1 Å². The maximum Gasteiger partial charge on any atom is 0.337 e. The number of carbonyl (C=O) groups excluding carboxylic acids is 2. The Morgan fingerprint density at radius 2 is 1.89 bits per heavy atom. The molecule has 0 bridgehead atoms. The van der Waals surface area contributed by atoms with Crippen LogP contribution < -0.4 is 15.4 Å². The van der Waals surface area contributed by atoms with Gasteiger partial charge in [-0.05, 0) is 35.5 Å². The number of hydrogen-bond acceptors (Lipinski definition) is 8. The van der Waals surface area contributed by atoms with Crippen molar-refractivity contribution in [3.8, 4) is 16.9 Å². The number of amides is 1. The monoisotopic (exact) mass is 508 g/mol. The fourth-order valence-corrected chi connectivity index (χ4v) is 3.48. The van der Waals surface area contributed by atoms with Crippen LogP contribution in [0.2, 0.25) is 0 Å². The SMILES string of the molecule is C=CN/C=C(/Cn1cc(C(=O)NCc2c(-c3ccc(C(=O)OC)cc3)ccc(OC)c2F)nn1)N(C)C. The summed E-state index contributed by atoms with van der Waals surface area (Å²) in [5.74, 6) is -1.55. The molecule has 37 heavy (non-hydrogen) atoms. The Balaban J connectivity index is 1.80. The maximum absolute atomic E-state index is 15.3. The number of ether oxygens (including phenoxy) is 2. The van der Waals surface area contributed by atoms with Crippen LogP contribution in [0.3, 0.4) is 0 Å². The van der Waals surface area contributed by atoms with Gasteiger partial charge in [-0.1, -0.05) is 30.0 Å². The van der Waals surface area contributed by atoms with Crippen LogP contribution in [0.1, 0.15) is 26.4 Å². The zero-order valence-corrected chi connectivity index (χ0v) is 21.1. The van der Waals surface area contributed by atoms with Gasteiger partial charge in [-0.3, -0.25) is 4.79 Å². The highest BCUT2D eigenvalue weighted by molar-refractivity contribution is 5.92. The molecule has 0 aliphatic heterocycles. The van der Waals surface area contributed by atoms with Crippen molar-refractivity contribution < 1.29 is 23.5 Å². The van der Waals surface area contributed by atoms with Crippen LogP contribution in [0.5, 0.6) is 5.75 Å². The average molecular weight is 509 g/mol. The van der Waals surface area contributed by atoms with Crippen molar-refractivity contribution in [1.29, 1.82) is 0 Å². The second-order valence-corrected chi connectivity index (χ2v) is 8.06. The summed E-state index contributed by atoms with van der Waals surface area (Å²) >= 11 is 0. The first-order valence-electron chi connectivity index (χ1n) is 11.2. The summed E-state index contributed by atoms with van der Waals surface area (Å²) in [7, 11) is 6.42. The molecule has 0 saturated heterocycles. The van der Waals surface area contributed by atoms with Gasteiger partial charge in [0.15, 0.2) is 17.3 Å². The third kappa shape index (κ3) is 6.51. The normalized spacial score (nSPS) is 11.0. The highest BCUT2D eigenvalue weighted by atomic mass is 19.1. The number of nitrogens with one attached hydrogen (secondary N) is 2. The smallest absolute Gasteiger partial charge is 0.337 e. The number of aromatic nitrogens is 3. The number of halogens is 1. The molecule has 2 aromatic carbocycles. The van der Waals surface area contributed by atoms with E-state index < -0.39 is 17.7 Å². The predicted octanol–water partition coefficient (Wildman–Crippen LogP) is 2.95. The fraction of sp³-hybridized carbons (Fsp3) is 0.231. The van der Waals surface area contributed by atoms with Crippen molar-refractivity contribution in [3.05, 3.63) is 89.9 Å². The quantitative estimate of drug-likeness (QED) is 0.381. The summed E-state index contributed by atoms with van der Waals surface area (Å²) in [5.41, 5.74) is 2.74. The van der Waals surface area contributed by atoms with Gasteiger partial charge in [0, 0.05) is 32.4 Å². The van der Waals surface area contributed by atoms with E-state index in [1.54, 1.807) is 42.7 Å². The van der Waals surface area contributed by atoms with Gasteiger partial charge in [0.05, 0.1) is 38.2 Å². The van der Waals surface area contributed by atoms with Crippen LogP contribution >= 0.6 is 0 Å². The van der Waals surface area contributed by atoms with Gasteiger partial charge in [0.25, 0.3) is 5.91 Å². The molecule has 11 heteroatoms. The van der Waals surface area contributed by atoms with Crippen molar-refractivity contribution in [2.75, 3.05) is 28.3 Å². The lowest BCUT2D eigenvalue weighted by molar-refractivity contribution is 0.0600. The molecule has 0 spiro atoms. The molecule has 1 aromatic heterocycles. The molecule has 3 aromatic rings. The zero-order valence-electron chi connectivity index (χ0n) is 21.1. The first-order chi connectivity index (χ1) is 17.8. The summed E-state index contributed by atoms with van der Waals surface area (Å²) < 4.78 is 26.6. The highest BCUT2D eigenvalue weighted by Crippen LogP contribution is 2.31. The van der Waals surface area contributed by atoms with E-state index in [0.29, 0.717) is 23.2 Å². The second-order valence-electron chi connectivity index (χ2n) is 8.06. The Kier molecular flexibility index (Phi) is 8.98. The Bertz CT molecular complexity index is 1300. The maximum atomic E-state index is 15.3. The number of allylic oxidation sites excluding steroid dienone is 1. The Labute approximate surface area is 214 Å². The number of nitrogens with zero attached hydrogens (tertiary/aromatic N) is 4. The zero-order chi connectivity index (χ0) is 26.9. The lowest BCUT2D eigenvalue weighted by atomic mass is 9.97. The van der Waals surface area contributed by atoms with Crippen LogP contribution in [0.15, 0.2) is 67.3 Å². The molecule has 0 radical (unpaired) electrons. The largest absolute Gasteiger partial charge is 0.494 e. The van der Waals surface area contributed by atoms with Gasteiger partial charge < -0.3 is 25.0 Å². The molecule has 0 aliphatic carbocycles. The fourth-order valence-electron chi connectivity index (χ4n) is 3.48. The van der Waals surface area contributed by atoms with E-state index in [0.717, 1.165) is 5.70 Å². The minimum absolute atomic E-state index is 0.0428. The van der Waals surface area contributed by atoms with Crippen LogP contribution in [0.4, 0.5) is 4.39 Å². The third-order valence-corrected chi connectivity index (χ3v) is 5.51. The number of hydrogen-bond donors (Lipinski definition) is 2. The topological polar surface area (TPSA) is 111 Å². The first kappa shape index (κ1) is 26.9. The van der Waals surface area contributed by atoms with E-state index in [4.69, 9.17) is 9.47 Å². The number of benzene rings is 2. The molecule has 0 unspecified atom stereocenters. The van der Waals surface area contributed by atoms with E-state index in [9.17, 15) is 9.59 Å². The standard InChI is InChI=1S/C26H29FN6O4/c1-6-28-13-19(32(2)3)15-33-16-22(30-31-33)25(34)29-14-21-20(11-12-23(36-4)24(21)27)17-7-9-18(10-8-17)26(35)37-5/h6-13,16,28H,1,14-15H2,2-5H3,(H,29,34)/b19-13-. The van der Waals surface area contributed by atoms with E-state index in [1.165, 1.54) is 31.2 Å². The number of carbonyl (C=O) groups is 2. The Morgan fingerprint density at radius 3 is 2.51 bits per heavy atom. The Hall–Kier alpha value is -4.67. The van der Waals surface area contributed by atoms with E-state index in [-0.39, 0.29) is 23.6 Å². The minimum Gasteiger partial charge on any atom is -0.494 e. The molecule has 0 saturated carbocycles. The molecule has 10 nitrogen and oxygen atoms in total. The van der Waals surface area contributed by atoms with Crippen LogP contribution in [-0.2, 0) is 17.8 Å². The predicted molar refractivity (Wildman–Crippen MR) is 136 cm³/mol. The molecule has 1 heterocycles. The van der Waals surface area contributed by atoms with Gasteiger partial charge in [0.1, 0.15) is 0 Å². The summed E-state index contributed by atoms with van der Waals surface area (Å²) in [6.45, 7) is 3.85. The number of rotatable bonds is 11. The van der Waals surface area contributed by atoms with Gasteiger partial charge >= 0.3 is 5.97 Å². The number of esters is 1.